The highest BCUT2D eigenvalue weighted by Gasteiger charge is 2.13. The van der Waals surface area contributed by atoms with Crippen molar-refractivity contribution in [2.45, 2.75) is 32.9 Å². The molecular weight excluding hydrogens is 266 g/mol. The Balaban J connectivity index is 2.06. The number of ether oxygens (including phenoxy) is 2. The fourth-order valence-corrected chi connectivity index (χ4v) is 2.25. The van der Waals surface area contributed by atoms with Crippen LogP contribution >= 0.6 is 0 Å². The molecule has 1 heterocycles. The lowest BCUT2D eigenvalue weighted by atomic mass is 10.1. The van der Waals surface area contributed by atoms with Gasteiger partial charge < -0.3 is 19.2 Å². The molecule has 0 amide bonds. The highest BCUT2D eigenvalue weighted by Crippen LogP contribution is 2.29. The van der Waals surface area contributed by atoms with Crippen molar-refractivity contribution in [3.8, 4) is 11.5 Å². The van der Waals surface area contributed by atoms with E-state index in [0.29, 0.717) is 6.54 Å². The lowest BCUT2D eigenvalue weighted by Gasteiger charge is -2.17. The molecule has 4 heteroatoms. The molecule has 2 rings (SSSR count). The summed E-state index contributed by atoms with van der Waals surface area (Å²) < 4.78 is 16.4. The summed E-state index contributed by atoms with van der Waals surface area (Å²) in [7, 11) is 3.34. The largest absolute Gasteiger partial charge is 0.497 e. The van der Waals surface area contributed by atoms with Crippen LogP contribution in [0.4, 0.5) is 0 Å². The molecule has 0 fully saturated rings. The van der Waals surface area contributed by atoms with Crippen LogP contribution < -0.4 is 14.8 Å². The number of nitrogens with one attached hydrogen (secondary N) is 1. The molecule has 0 saturated heterocycles. The van der Waals surface area contributed by atoms with Gasteiger partial charge in [-0.3, -0.25) is 0 Å². The van der Waals surface area contributed by atoms with E-state index >= 15 is 0 Å². The molecule has 0 aliphatic rings. The van der Waals surface area contributed by atoms with E-state index < -0.39 is 0 Å². The monoisotopic (exact) mass is 289 g/mol. The minimum atomic E-state index is 0.130. The van der Waals surface area contributed by atoms with Crippen molar-refractivity contribution in [3.05, 3.63) is 47.4 Å². The van der Waals surface area contributed by atoms with Gasteiger partial charge in [0, 0.05) is 18.0 Å². The first-order valence-corrected chi connectivity index (χ1v) is 7.20. The van der Waals surface area contributed by atoms with Gasteiger partial charge in [0.15, 0.2) is 0 Å². The number of rotatable bonds is 7. The first kappa shape index (κ1) is 15.4. The maximum absolute atomic E-state index is 5.70. The molecule has 1 unspecified atom stereocenters. The molecule has 0 aliphatic carbocycles. The van der Waals surface area contributed by atoms with E-state index in [2.05, 4.69) is 19.2 Å². The van der Waals surface area contributed by atoms with Gasteiger partial charge in [-0.15, -0.1) is 0 Å². The Labute approximate surface area is 126 Å². The number of aryl methyl sites for hydroxylation is 1. The number of benzene rings is 1. The molecule has 0 bridgehead atoms. The van der Waals surface area contributed by atoms with Crippen LogP contribution in [0.2, 0.25) is 0 Å². The fourth-order valence-electron chi connectivity index (χ4n) is 2.25. The minimum Gasteiger partial charge on any atom is -0.497 e. The second-order valence-corrected chi connectivity index (χ2v) is 4.93. The summed E-state index contributed by atoms with van der Waals surface area (Å²) in [5, 5.41) is 3.45. The van der Waals surface area contributed by atoms with Crippen LogP contribution in [0.5, 0.6) is 11.5 Å². The third kappa shape index (κ3) is 3.79. The maximum Gasteiger partial charge on any atom is 0.123 e. The van der Waals surface area contributed by atoms with Crippen molar-refractivity contribution in [3.63, 3.8) is 0 Å². The number of furan rings is 1. The first-order valence-electron chi connectivity index (χ1n) is 7.20. The van der Waals surface area contributed by atoms with E-state index in [9.17, 15) is 0 Å². The van der Waals surface area contributed by atoms with E-state index in [1.165, 1.54) is 0 Å². The van der Waals surface area contributed by atoms with Crippen molar-refractivity contribution in [1.82, 2.24) is 5.32 Å². The molecule has 4 nitrogen and oxygen atoms in total. The van der Waals surface area contributed by atoms with Crippen LogP contribution in [0.15, 0.2) is 34.7 Å². The van der Waals surface area contributed by atoms with Gasteiger partial charge in [0.25, 0.3) is 0 Å². The molecule has 1 aromatic carbocycles. The molecule has 114 valence electrons. The van der Waals surface area contributed by atoms with Crippen LogP contribution in [-0.2, 0) is 13.0 Å². The zero-order valence-electron chi connectivity index (χ0n) is 13.1. The second-order valence-electron chi connectivity index (χ2n) is 4.93. The van der Waals surface area contributed by atoms with Crippen LogP contribution in [0.25, 0.3) is 0 Å². The Morgan fingerprint density at radius 1 is 1.10 bits per heavy atom. The summed E-state index contributed by atoms with van der Waals surface area (Å²) in [6, 6.07) is 9.99. The van der Waals surface area contributed by atoms with Crippen LogP contribution in [0, 0.1) is 0 Å². The Hall–Kier alpha value is -1.94. The van der Waals surface area contributed by atoms with Crippen LogP contribution in [0.3, 0.4) is 0 Å². The molecular formula is C17H23NO3. The van der Waals surface area contributed by atoms with E-state index in [4.69, 9.17) is 13.9 Å². The lowest BCUT2D eigenvalue weighted by molar-refractivity contribution is 0.387. The van der Waals surface area contributed by atoms with Gasteiger partial charge in [-0.2, -0.15) is 0 Å². The zero-order valence-corrected chi connectivity index (χ0v) is 13.1. The minimum absolute atomic E-state index is 0.130. The van der Waals surface area contributed by atoms with E-state index in [0.717, 1.165) is 35.0 Å². The van der Waals surface area contributed by atoms with Crippen LogP contribution in [-0.4, -0.2) is 14.2 Å². The molecule has 1 atom stereocenters. The average Bonchev–Trinajstić information content (AvgIpc) is 3.00. The molecule has 21 heavy (non-hydrogen) atoms. The SMILES string of the molecule is CCc1ccc(CNC(C)c2cc(OC)ccc2OC)o1. The predicted octanol–water partition coefficient (Wildman–Crippen LogP) is 3.71. The zero-order chi connectivity index (χ0) is 15.2. The van der Waals surface area contributed by atoms with Gasteiger partial charge in [0.1, 0.15) is 23.0 Å². The normalized spacial score (nSPS) is 12.2. The molecule has 2 aromatic rings. The van der Waals surface area contributed by atoms with Crippen molar-refractivity contribution >= 4 is 0 Å². The van der Waals surface area contributed by atoms with Gasteiger partial charge in [-0.05, 0) is 37.3 Å². The lowest BCUT2D eigenvalue weighted by Crippen LogP contribution is -2.18. The third-order valence-electron chi connectivity index (χ3n) is 3.55. The number of methoxy groups -OCH3 is 2. The van der Waals surface area contributed by atoms with E-state index in [-0.39, 0.29) is 6.04 Å². The van der Waals surface area contributed by atoms with Gasteiger partial charge in [-0.1, -0.05) is 6.92 Å². The summed E-state index contributed by atoms with van der Waals surface area (Å²) >= 11 is 0. The summed E-state index contributed by atoms with van der Waals surface area (Å²) in [4.78, 5) is 0. The van der Waals surface area contributed by atoms with E-state index in [1.807, 2.05) is 30.3 Å². The highest BCUT2D eigenvalue weighted by atomic mass is 16.5. The van der Waals surface area contributed by atoms with Gasteiger partial charge >= 0.3 is 0 Å². The molecule has 0 spiro atoms. The van der Waals surface area contributed by atoms with E-state index in [1.54, 1.807) is 14.2 Å². The Bertz CT molecular complexity index is 577. The number of hydrogen-bond acceptors (Lipinski definition) is 4. The summed E-state index contributed by atoms with van der Waals surface area (Å²) in [5.74, 6) is 3.63. The average molecular weight is 289 g/mol. The van der Waals surface area contributed by atoms with Crippen molar-refractivity contribution in [1.29, 1.82) is 0 Å². The standard InChI is InChI=1S/C17H23NO3/c1-5-13-6-7-15(21-13)11-18-12(2)16-10-14(19-3)8-9-17(16)20-4/h6-10,12,18H,5,11H2,1-4H3. The number of hydrogen-bond donors (Lipinski definition) is 1. The summed E-state index contributed by atoms with van der Waals surface area (Å²) in [6.07, 6.45) is 0.916. The van der Waals surface area contributed by atoms with Gasteiger partial charge in [0.05, 0.1) is 20.8 Å². The van der Waals surface area contributed by atoms with Crippen LogP contribution in [0.1, 0.15) is 37.0 Å². The molecule has 0 radical (unpaired) electrons. The molecule has 0 aliphatic heterocycles. The quantitative estimate of drug-likeness (QED) is 0.844. The van der Waals surface area contributed by atoms with Gasteiger partial charge in [-0.25, -0.2) is 0 Å². The topological polar surface area (TPSA) is 43.6 Å². The van der Waals surface area contributed by atoms with Crippen molar-refractivity contribution in [2.24, 2.45) is 0 Å². The van der Waals surface area contributed by atoms with Crippen molar-refractivity contribution in [2.75, 3.05) is 14.2 Å². The van der Waals surface area contributed by atoms with Crippen molar-refractivity contribution < 1.29 is 13.9 Å². The maximum atomic E-state index is 5.70. The fraction of sp³-hybridized carbons (Fsp3) is 0.412. The molecule has 1 aromatic heterocycles. The Morgan fingerprint density at radius 2 is 1.86 bits per heavy atom. The first-order chi connectivity index (χ1) is 10.2. The third-order valence-corrected chi connectivity index (χ3v) is 3.55. The summed E-state index contributed by atoms with van der Waals surface area (Å²) in [6.45, 7) is 4.86. The highest BCUT2D eigenvalue weighted by molar-refractivity contribution is 5.42. The Kier molecular flexibility index (Phi) is 5.28. The van der Waals surface area contributed by atoms with Gasteiger partial charge in [0.2, 0.25) is 0 Å². The second kappa shape index (κ2) is 7.18. The molecule has 1 N–H and O–H groups in total. The summed E-state index contributed by atoms with van der Waals surface area (Å²) in [5.41, 5.74) is 1.07. The smallest absolute Gasteiger partial charge is 0.123 e. The Morgan fingerprint density at radius 3 is 2.48 bits per heavy atom. The predicted molar refractivity (Wildman–Crippen MR) is 82.9 cm³/mol. The molecule has 0 saturated carbocycles.